The van der Waals surface area contributed by atoms with Crippen LogP contribution in [0.4, 0.5) is 4.79 Å². The molecule has 3 amide bonds. The van der Waals surface area contributed by atoms with Gasteiger partial charge in [0.2, 0.25) is 5.91 Å². The van der Waals surface area contributed by atoms with Gasteiger partial charge in [0.1, 0.15) is 0 Å². The second-order valence-electron chi connectivity index (χ2n) is 5.54. The zero-order chi connectivity index (χ0) is 15.8. The Kier molecular flexibility index (Phi) is 7.04. The summed E-state index contributed by atoms with van der Waals surface area (Å²) >= 11 is 0. The predicted molar refractivity (Wildman–Crippen MR) is 78.3 cm³/mol. The topological polar surface area (TPSA) is 89.1 Å². The van der Waals surface area contributed by atoms with Crippen LogP contribution in [0.5, 0.6) is 0 Å². The molecule has 8 heteroatoms. The van der Waals surface area contributed by atoms with Crippen molar-refractivity contribution in [3.05, 3.63) is 0 Å². The normalized spacial score (nSPS) is 23.4. The average molecular weight is 315 g/mol. The maximum atomic E-state index is 11.9. The van der Waals surface area contributed by atoms with Crippen LogP contribution in [0.2, 0.25) is 0 Å². The first-order valence-corrected chi connectivity index (χ1v) is 7.71. The predicted octanol–water partition coefficient (Wildman–Crippen LogP) is -0.456. The SMILES string of the molecule is COCCNC(=O)NC(=O)CN1CCCC(C2OCCO2)C1. The molecule has 0 aromatic heterocycles. The van der Waals surface area contributed by atoms with Crippen molar-refractivity contribution in [1.29, 1.82) is 0 Å². The molecule has 0 aromatic rings. The number of nitrogens with zero attached hydrogens (tertiary/aromatic N) is 1. The monoisotopic (exact) mass is 315 g/mol. The first-order chi connectivity index (χ1) is 10.7. The third-order valence-electron chi connectivity index (χ3n) is 3.79. The fourth-order valence-corrected chi connectivity index (χ4v) is 2.79. The Morgan fingerprint density at radius 3 is 2.82 bits per heavy atom. The second-order valence-corrected chi connectivity index (χ2v) is 5.54. The van der Waals surface area contributed by atoms with Gasteiger partial charge in [-0.25, -0.2) is 4.79 Å². The van der Waals surface area contributed by atoms with Gasteiger partial charge in [-0.3, -0.25) is 15.0 Å². The minimum absolute atomic E-state index is 0.150. The molecule has 0 saturated carbocycles. The van der Waals surface area contributed by atoms with E-state index in [9.17, 15) is 9.59 Å². The van der Waals surface area contributed by atoms with Gasteiger partial charge in [-0.2, -0.15) is 0 Å². The fraction of sp³-hybridized carbons (Fsp3) is 0.857. The Morgan fingerprint density at radius 2 is 2.09 bits per heavy atom. The van der Waals surface area contributed by atoms with Crippen molar-refractivity contribution in [1.82, 2.24) is 15.5 Å². The van der Waals surface area contributed by atoms with Crippen LogP contribution in [0.15, 0.2) is 0 Å². The van der Waals surface area contributed by atoms with Crippen LogP contribution >= 0.6 is 0 Å². The van der Waals surface area contributed by atoms with E-state index >= 15 is 0 Å². The number of hydrogen-bond acceptors (Lipinski definition) is 6. The molecule has 0 spiro atoms. The molecule has 0 radical (unpaired) electrons. The van der Waals surface area contributed by atoms with Crippen LogP contribution < -0.4 is 10.6 Å². The highest BCUT2D eigenvalue weighted by Gasteiger charge is 2.31. The minimum Gasteiger partial charge on any atom is -0.383 e. The van der Waals surface area contributed by atoms with Crippen molar-refractivity contribution >= 4 is 11.9 Å². The number of nitrogens with one attached hydrogen (secondary N) is 2. The largest absolute Gasteiger partial charge is 0.383 e. The van der Waals surface area contributed by atoms with Gasteiger partial charge in [-0.05, 0) is 19.4 Å². The first-order valence-electron chi connectivity index (χ1n) is 7.71. The second kappa shape index (κ2) is 9.04. The number of piperidine rings is 1. The van der Waals surface area contributed by atoms with Gasteiger partial charge in [-0.1, -0.05) is 0 Å². The third kappa shape index (κ3) is 5.53. The van der Waals surface area contributed by atoms with Crippen LogP contribution in [0.25, 0.3) is 0 Å². The van der Waals surface area contributed by atoms with Crippen LogP contribution in [-0.2, 0) is 19.0 Å². The smallest absolute Gasteiger partial charge is 0.321 e. The number of carbonyl (C=O) groups excluding carboxylic acids is 2. The van der Waals surface area contributed by atoms with E-state index in [1.165, 1.54) is 0 Å². The van der Waals surface area contributed by atoms with E-state index in [0.717, 1.165) is 25.9 Å². The maximum Gasteiger partial charge on any atom is 0.321 e. The van der Waals surface area contributed by atoms with Crippen molar-refractivity contribution < 1.29 is 23.8 Å². The van der Waals surface area contributed by atoms with Gasteiger partial charge in [0.05, 0.1) is 26.4 Å². The summed E-state index contributed by atoms with van der Waals surface area (Å²) < 4.78 is 15.9. The molecule has 1 unspecified atom stereocenters. The molecule has 0 aromatic carbocycles. The maximum absolute atomic E-state index is 11.9. The molecule has 0 bridgehead atoms. The summed E-state index contributed by atoms with van der Waals surface area (Å²) in [6.45, 7) is 3.88. The lowest BCUT2D eigenvalue weighted by atomic mass is 9.97. The highest BCUT2D eigenvalue weighted by molar-refractivity contribution is 5.95. The summed E-state index contributed by atoms with van der Waals surface area (Å²) in [6, 6.07) is -0.488. The Hall–Kier alpha value is -1.22. The van der Waals surface area contributed by atoms with Crippen LogP contribution in [0.3, 0.4) is 0 Å². The van der Waals surface area contributed by atoms with Crippen LogP contribution in [0.1, 0.15) is 12.8 Å². The molecule has 2 aliphatic rings. The molecule has 0 aliphatic carbocycles. The number of carbonyl (C=O) groups is 2. The lowest BCUT2D eigenvalue weighted by molar-refractivity contribution is -0.124. The Labute approximate surface area is 130 Å². The molecule has 8 nitrogen and oxygen atoms in total. The Balaban J connectivity index is 1.68. The number of methoxy groups -OCH3 is 1. The summed E-state index contributed by atoms with van der Waals surface area (Å²) in [5, 5.41) is 4.87. The lowest BCUT2D eigenvalue weighted by Crippen LogP contribution is -2.48. The summed E-state index contributed by atoms with van der Waals surface area (Å²) in [6.07, 6.45) is 1.89. The van der Waals surface area contributed by atoms with E-state index in [1.807, 2.05) is 4.90 Å². The van der Waals surface area contributed by atoms with E-state index in [-0.39, 0.29) is 18.7 Å². The van der Waals surface area contributed by atoms with E-state index in [4.69, 9.17) is 14.2 Å². The molecule has 2 N–H and O–H groups in total. The van der Waals surface area contributed by atoms with Crippen LogP contribution in [-0.4, -0.2) is 76.2 Å². The first kappa shape index (κ1) is 17.1. The summed E-state index contributed by atoms with van der Waals surface area (Å²) in [5.74, 6) is -0.0107. The zero-order valence-corrected chi connectivity index (χ0v) is 13.0. The summed E-state index contributed by atoms with van der Waals surface area (Å²) in [5.41, 5.74) is 0. The molecule has 2 aliphatic heterocycles. The van der Waals surface area contributed by atoms with Crippen molar-refractivity contribution in [3.8, 4) is 0 Å². The van der Waals surface area contributed by atoms with Crippen molar-refractivity contribution in [2.24, 2.45) is 5.92 Å². The number of urea groups is 1. The third-order valence-corrected chi connectivity index (χ3v) is 3.79. The number of rotatable bonds is 6. The number of amides is 3. The molecule has 2 heterocycles. The van der Waals surface area contributed by atoms with E-state index in [2.05, 4.69) is 10.6 Å². The van der Waals surface area contributed by atoms with Gasteiger partial charge in [0.15, 0.2) is 6.29 Å². The summed E-state index contributed by atoms with van der Waals surface area (Å²) in [7, 11) is 1.55. The highest BCUT2D eigenvalue weighted by Crippen LogP contribution is 2.24. The lowest BCUT2D eigenvalue weighted by Gasteiger charge is -2.34. The standard InChI is InChI=1S/C14H25N3O5/c1-20-6-4-15-14(19)16-12(18)10-17-5-2-3-11(9-17)13-21-7-8-22-13/h11,13H,2-10H2,1H3,(H2,15,16,18,19). The number of imide groups is 1. The Morgan fingerprint density at radius 1 is 1.32 bits per heavy atom. The number of hydrogen-bond donors (Lipinski definition) is 2. The fourth-order valence-electron chi connectivity index (χ4n) is 2.79. The molecule has 1 atom stereocenters. The van der Waals surface area contributed by atoms with Gasteiger partial charge in [0, 0.05) is 26.1 Å². The van der Waals surface area contributed by atoms with Gasteiger partial charge < -0.3 is 19.5 Å². The minimum atomic E-state index is -0.488. The number of likely N-dealkylation sites (tertiary alicyclic amines) is 1. The van der Waals surface area contributed by atoms with Gasteiger partial charge >= 0.3 is 6.03 Å². The van der Waals surface area contributed by atoms with E-state index in [1.54, 1.807) is 7.11 Å². The van der Waals surface area contributed by atoms with Gasteiger partial charge in [0.25, 0.3) is 0 Å². The molecular formula is C14H25N3O5. The molecule has 22 heavy (non-hydrogen) atoms. The molecule has 126 valence electrons. The van der Waals surface area contributed by atoms with Crippen molar-refractivity contribution in [2.75, 3.05) is 53.1 Å². The zero-order valence-electron chi connectivity index (χ0n) is 13.0. The molecule has 2 fully saturated rings. The molecular weight excluding hydrogens is 290 g/mol. The quantitative estimate of drug-likeness (QED) is 0.645. The van der Waals surface area contributed by atoms with E-state index in [0.29, 0.717) is 32.3 Å². The van der Waals surface area contributed by atoms with Gasteiger partial charge in [-0.15, -0.1) is 0 Å². The summed E-state index contributed by atoms with van der Waals surface area (Å²) in [4.78, 5) is 25.4. The van der Waals surface area contributed by atoms with Crippen molar-refractivity contribution in [3.63, 3.8) is 0 Å². The average Bonchev–Trinajstić information content (AvgIpc) is 3.02. The number of ether oxygens (including phenoxy) is 3. The van der Waals surface area contributed by atoms with Crippen LogP contribution in [0, 0.1) is 5.92 Å². The Bertz CT molecular complexity index is 373. The molecule has 2 saturated heterocycles. The highest BCUT2D eigenvalue weighted by atomic mass is 16.7. The molecule has 2 rings (SSSR count). The van der Waals surface area contributed by atoms with E-state index < -0.39 is 6.03 Å². The van der Waals surface area contributed by atoms with Crippen molar-refractivity contribution in [2.45, 2.75) is 19.1 Å².